The van der Waals surface area contributed by atoms with Crippen molar-refractivity contribution in [2.24, 2.45) is 0 Å². The molecule has 0 atom stereocenters. The van der Waals surface area contributed by atoms with Gasteiger partial charge in [0, 0.05) is 0 Å². The Morgan fingerprint density at radius 1 is 0.467 bits per heavy atom. The maximum atomic E-state index is 5.96. The molecule has 0 nitrogen and oxygen atoms in total. The molecule has 0 radical (unpaired) electrons. The molecule has 0 heterocycles. The van der Waals surface area contributed by atoms with Gasteiger partial charge in [0.1, 0.15) is 0 Å². The molecular weight excluding hydrogens is 659 g/mol. The Morgan fingerprint density at radius 2 is 0.700 bits per heavy atom. The van der Waals surface area contributed by atoms with Crippen LogP contribution in [0.15, 0.2) is 60.7 Å². The highest BCUT2D eigenvalue weighted by Gasteiger charge is 2.27. The maximum Gasteiger partial charge on any atom is 0.372 e. The molecule has 172 valence electrons. The first-order valence-corrected chi connectivity index (χ1v) is 28.3. The Labute approximate surface area is 231 Å². The molecule has 14 heteroatoms. The lowest BCUT2D eigenvalue weighted by molar-refractivity contribution is 1.76. The number of hydrogen-bond acceptors (Lipinski definition) is 0. The fourth-order valence-electron chi connectivity index (χ4n) is 1.36. The molecular formula is C16H22Cl10Si4. The van der Waals surface area contributed by atoms with Gasteiger partial charge in [-0.3, -0.25) is 0 Å². The van der Waals surface area contributed by atoms with E-state index in [0.29, 0.717) is 0 Å². The van der Waals surface area contributed by atoms with Crippen LogP contribution in [0.4, 0.5) is 0 Å². The number of hydrogen-bond donors (Lipinski definition) is 0. The summed E-state index contributed by atoms with van der Waals surface area (Å²) >= 11 is 55.6. The summed E-state index contributed by atoms with van der Waals surface area (Å²) in [6, 6.07) is 14.3. The van der Waals surface area contributed by atoms with E-state index < -0.39 is 25.4 Å². The smallest absolute Gasteiger partial charge is 0.146 e. The van der Waals surface area contributed by atoms with Crippen LogP contribution in [0.25, 0.3) is 0 Å². The van der Waals surface area contributed by atoms with Crippen molar-refractivity contribution in [3.8, 4) is 0 Å². The zero-order valence-corrected chi connectivity index (χ0v) is 28.1. The second-order valence-corrected chi connectivity index (χ2v) is 41.1. The van der Waals surface area contributed by atoms with Crippen LogP contribution < -0.4 is 10.4 Å². The monoisotopic (exact) mass is 676 g/mol. The van der Waals surface area contributed by atoms with Gasteiger partial charge >= 0.3 is 12.0 Å². The van der Waals surface area contributed by atoms with Gasteiger partial charge in [0.15, 0.2) is 0 Å². The highest BCUT2D eigenvalue weighted by molar-refractivity contribution is 7.69. The molecule has 0 aliphatic heterocycles. The van der Waals surface area contributed by atoms with E-state index in [1.807, 2.05) is 80.3 Å². The first-order valence-electron chi connectivity index (χ1n) is 8.21. The fraction of sp³-hybridized carbons (Fsp3) is 0.250. The van der Waals surface area contributed by atoms with Gasteiger partial charge in [-0.25, -0.2) is 0 Å². The maximum absolute atomic E-state index is 5.96. The summed E-state index contributed by atoms with van der Waals surface area (Å²) in [5, 5.41) is 1.90. The van der Waals surface area contributed by atoms with Crippen LogP contribution in [0.3, 0.4) is 0 Å². The third kappa shape index (κ3) is 28.2. The lowest BCUT2D eigenvalue weighted by atomic mass is 10.4. The Hall–Kier alpha value is 2.21. The van der Waals surface area contributed by atoms with Gasteiger partial charge in [-0.2, -0.15) is 0 Å². The summed E-state index contributed by atoms with van der Waals surface area (Å²) in [4.78, 5) is 0. The van der Waals surface area contributed by atoms with E-state index in [9.17, 15) is 0 Å². The fourth-order valence-corrected chi connectivity index (χ4v) is 4.60. The molecule has 2 aromatic carbocycles. The first kappa shape index (κ1) is 34.4. The highest BCUT2D eigenvalue weighted by Crippen LogP contribution is 2.19. The summed E-state index contributed by atoms with van der Waals surface area (Å²) in [6.45, 7) is 3.48. The van der Waals surface area contributed by atoms with Gasteiger partial charge in [0.2, 0.25) is 6.69 Å². The Bertz CT molecular complexity index is 604. The van der Waals surface area contributed by atoms with E-state index in [1.54, 1.807) is 6.55 Å². The zero-order valence-electron chi connectivity index (χ0n) is 16.6. The third-order valence-corrected chi connectivity index (χ3v) is 7.99. The largest absolute Gasteiger partial charge is 0.372 e. The van der Waals surface area contributed by atoms with Crippen LogP contribution in [0.1, 0.15) is 0 Å². The molecule has 0 amide bonds. The van der Waals surface area contributed by atoms with Crippen molar-refractivity contribution in [2.75, 3.05) is 0 Å². The van der Waals surface area contributed by atoms with Crippen LogP contribution in [0.5, 0.6) is 0 Å². The van der Waals surface area contributed by atoms with Crippen LogP contribution in [-0.2, 0) is 0 Å². The van der Waals surface area contributed by atoms with Gasteiger partial charge in [-0.1, -0.05) is 60.7 Å². The van der Waals surface area contributed by atoms with Gasteiger partial charge in [0.25, 0.3) is 6.69 Å². The van der Waals surface area contributed by atoms with Crippen molar-refractivity contribution in [2.45, 2.75) is 26.2 Å². The molecule has 2 aromatic rings. The van der Waals surface area contributed by atoms with Crippen molar-refractivity contribution in [3.05, 3.63) is 60.7 Å². The average Bonchev–Trinajstić information content (AvgIpc) is 2.52. The molecule has 0 bridgehead atoms. The first-order chi connectivity index (χ1) is 13.2. The highest BCUT2D eigenvalue weighted by atomic mass is 35.8. The standard InChI is InChI=1S/C7H8Cl2Si.C6H5Cl3Si.C2H6Cl2Si.CH3Cl3Si/c1-10(8,9)7-5-3-2-4-6-7;7-10(8,9)6-4-2-1-3-5-6;2*1-5(2,3)4/h2-6H,1H3;1-5H;1-2H3;1H3. The molecule has 30 heavy (non-hydrogen) atoms. The van der Waals surface area contributed by atoms with E-state index in [0.717, 1.165) is 10.4 Å². The lowest BCUT2D eigenvalue weighted by Gasteiger charge is -2.08. The van der Waals surface area contributed by atoms with Crippen LogP contribution in [0.2, 0.25) is 26.2 Å². The lowest BCUT2D eigenvalue weighted by Crippen LogP contribution is -2.31. The van der Waals surface area contributed by atoms with E-state index in [1.165, 1.54) is 0 Å². The number of rotatable bonds is 2. The molecule has 0 aliphatic rings. The van der Waals surface area contributed by atoms with Gasteiger partial charge < -0.3 is 0 Å². The van der Waals surface area contributed by atoms with Gasteiger partial charge in [-0.15, -0.1) is 111 Å². The Morgan fingerprint density at radius 3 is 0.833 bits per heavy atom. The summed E-state index contributed by atoms with van der Waals surface area (Å²) in [5.41, 5.74) is 0. The SMILES string of the molecule is C[Si](C)(Cl)Cl.C[Si](Cl)(Cl)Cl.C[Si](Cl)(Cl)c1ccccc1.Cl[Si](Cl)(Cl)c1ccccc1. The predicted octanol–water partition coefficient (Wildman–Crippen LogP) is 9.43. The van der Waals surface area contributed by atoms with E-state index in [4.69, 9.17) is 111 Å². The summed E-state index contributed by atoms with van der Waals surface area (Å²) in [6.07, 6.45) is 0. The van der Waals surface area contributed by atoms with E-state index in [2.05, 4.69) is 0 Å². The van der Waals surface area contributed by atoms with Crippen LogP contribution in [0, 0.1) is 0 Å². The van der Waals surface area contributed by atoms with Crippen molar-refractivity contribution in [1.82, 2.24) is 0 Å². The van der Waals surface area contributed by atoms with Gasteiger partial charge in [0.05, 0.1) is 0 Å². The Balaban J connectivity index is 0. The van der Waals surface area contributed by atoms with Crippen LogP contribution >= 0.6 is 111 Å². The van der Waals surface area contributed by atoms with Crippen molar-refractivity contribution in [3.63, 3.8) is 0 Å². The molecule has 0 saturated carbocycles. The van der Waals surface area contributed by atoms with Crippen LogP contribution in [-0.4, -0.2) is 25.4 Å². The second kappa shape index (κ2) is 16.0. The summed E-state index contributed by atoms with van der Waals surface area (Å²) in [7, 11) is 0. The quantitative estimate of drug-likeness (QED) is 0.219. The minimum atomic E-state index is -2.62. The summed E-state index contributed by atoms with van der Waals surface area (Å²) < 4.78 is 0. The number of benzene rings is 2. The Kier molecular flexibility index (Phi) is 18.3. The summed E-state index contributed by atoms with van der Waals surface area (Å²) in [5.74, 6) is 0. The topological polar surface area (TPSA) is 0 Å². The molecule has 0 spiro atoms. The average molecular weight is 681 g/mol. The van der Waals surface area contributed by atoms with E-state index in [-0.39, 0.29) is 0 Å². The van der Waals surface area contributed by atoms with Gasteiger partial charge in [-0.05, 0) is 36.6 Å². The number of halogens is 10. The molecule has 0 aromatic heterocycles. The minimum absolute atomic E-state index is 0.833. The molecule has 0 saturated heterocycles. The molecule has 0 fully saturated rings. The molecule has 0 N–H and O–H groups in total. The molecule has 0 aliphatic carbocycles. The molecule has 2 rings (SSSR count). The zero-order chi connectivity index (χ0) is 24.2. The van der Waals surface area contributed by atoms with Crippen molar-refractivity contribution < 1.29 is 0 Å². The second-order valence-electron chi connectivity index (χ2n) is 6.23. The normalized spacial score (nSPS) is 11.7. The van der Waals surface area contributed by atoms with Crippen molar-refractivity contribution in [1.29, 1.82) is 0 Å². The molecule has 0 unspecified atom stereocenters. The third-order valence-electron chi connectivity index (χ3n) is 2.38. The van der Waals surface area contributed by atoms with E-state index >= 15 is 0 Å². The minimum Gasteiger partial charge on any atom is -0.146 e. The van der Waals surface area contributed by atoms with Crippen molar-refractivity contribution >= 4 is 147 Å². The predicted molar refractivity (Wildman–Crippen MR) is 157 cm³/mol.